The number of ketones is 1. The number of carbonyl (C=O) groups excluding carboxylic acids is 6. The minimum Gasteiger partial charge on any atom is -0.478 e. The van der Waals surface area contributed by atoms with E-state index in [0.29, 0.717) is 17.0 Å². The van der Waals surface area contributed by atoms with Gasteiger partial charge in [-0.25, -0.2) is 34.6 Å². The highest BCUT2D eigenvalue weighted by Gasteiger charge is 2.31. The Balaban J connectivity index is 0.000000450. The number of aliphatic carboxylic acids is 1. The topological polar surface area (TPSA) is 316 Å². The summed E-state index contributed by atoms with van der Waals surface area (Å²) in [4.78, 5) is 88.7. The van der Waals surface area contributed by atoms with Crippen molar-refractivity contribution in [2.75, 3.05) is 39.0 Å². The summed E-state index contributed by atoms with van der Waals surface area (Å²) < 4.78 is 41.8. The second kappa shape index (κ2) is 30.1. The molecule has 0 radical (unpaired) electrons. The number of alkyl carbamates (subject to hydrolysis) is 1. The molecule has 23 heteroatoms. The van der Waals surface area contributed by atoms with Crippen molar-refractivity contribution in [3.8, 4) is 17.0 Å². The average molecular weight is 1100 g/mol. The molecule has 3 atom stereocenters. The minimum absolute atomic E-state index is 0.00737. The van der Waals surface area contributed by atoms with Crippen molar-refractivity contribution in [3.63, 3.8) is 0 Å². The SMILES string of the molecule is CC(C)C(CC(=O)OC(C)(C)C)C(=O)OCOc1cc(CNN(Cc2ccc(-c3cccc(N)c3)cc2)C[C@@H](O)C(=O)OCC(=O)c2ccccc2)on1.CC(C)[C@H](NC(=O)OC(C)(C)C)C(=O)OCOC1=NCC(C(=O)O)=C1. The Bertz CT molecular complexity index is 2740. The molecule has 0 bridgehead atoms. The third-order valence-corrected chi connectivity index (χ3v) is 11.0. The summed E-state index contributed by atoms with van der Waals surface area (Å²) in [6.07, 6.45) is -1.19. The van der Waals surface area contributed by atoms with Crippen LogP contribution < -0.4 is 21.2 Å². The van der Waals surface area contributed by atoms with Crippen molar-refractivity contribution < 1.29 is 81.5 Å². The van der Waals surface area contributed by atoms with Gasteiger partial charge in [-0.3, -0.25) is 14.4 Å². The lowest BCUT2D eigenvalue weighted by Crippen LogP contribution is -2.47. The monoisotopic (exact) mass is 1100 g/mol. The molecular formula is C56H72N6O17. The molecule has 4 aromatic rings. The first kappa shape index (κ1) is 63.4. The van der Waals surface area contributed by atoms with Crippen LogP contribution in [0.1, 0.15) is 97.3 Å². The molecule has 2 heterocycles. The first-order valence-electron chi connectivity index (χ1n) is 25.3. The largest absolute Gasteiger partial charge is 0.478 e. The van der Waals surface area contributed by atoms with E-state index < -0.39 is 91.2 Å². The maximum Gasteiger partial charge on any atom is 0.408 e. The van der Waals surface area contributed by atoms with Gasteiger partial charge in [-0.05, 0) is 87.4 Å². The molecular weight excluding hydrogens is 1030 g/mol. The number of ether oxygens (including phenoxy) is 7. The van der Waals surface area contributed by atoms with E-state index in [1.807, 2.05) is 62.4 Å². The number of carboxylic acid groups (broad SMARTS) is 1. The molecule has 6 N–H and O–H groups in total. The number of nitrogens with two attached hydrogens (primary N) is 1. The highest BCUT2D eigenvalue weighted by atomic mass is 16.7. The van der Waals surface area contributed by atoms with E-state index in [1.54, 1.807) is 90.7 Å². The zero-order valence-electron chi connectivity index (χ0n) is 46.1. The van der Waals surface area contributed by atoms with Gasteiger partial charge in [-0.1, -0.05) is 94.4 Å². The number of hydrazine groups is 1. The van der Waals surface area contributed by atoms with Crippen LogP contribution in [0.5, 0.6) is 5.88 Å². The number of hydrogen-bond donors (Lipinski definition) is 5. The van der Waals surface area contributed by atoms with Crippen molar-refractivity contribution >= 4 is 53.3 Å². The van der Waals surface area contributed by atoms with E-state index in [4.69, 9.17) is 48.5 Å². The number of aromatic nitrogens is 1. The number of amides is 1. The standard InChI is InChI=1S/C40H48N4O10.C16H24N2O7/c1-26(2)33(20-37(47)53-40(3,4)5)38(48)52-25-51-36-19-32(54-43-36)21-42-44(22-27-14-16-28(17-15-27)30-12-9-13-31(41)18-30)23-34(45)39(49)50-24-35(46)29-10-7-6-8-11-29;1-9(2)12(18-15(22)25-16(3,4)5)14(21)24-8-23-11-6-10(7-17-11)13(19)20/h6-19,26,33-34,42,45H,20-25,41H2,1-5H3;6,9,12H,7-8H2,1-5H3,(H,18,22)(H,19,20)/t33?,34-;12-/m10/s1. The van der Waals surface area contributed by atoms with Gasteiger partial charge in [0, 0.05) is 29.9 Å². The summed E-state index contributed by atoms with van der Waals surface area (Å²) in [5, 5.41) is 27.5. The Hall–Kier alpha value is -8.15. The van der Waals surface area contributed by atoms with Crippen molar-refractivity contribution in [1.82, 2.24) is 20.9 Å². The second-order valence-electron chi connectivity index (χ2n) is 20.7. The Kier molecular flexibility index (Phi) is 24.2. The highest BCUT2D eigenvalue weighted by molar-refractivity contribution is 6.01. The van der Waals surface area contributed by atoms with Crippen molar-refractivity contribution in [2.45, 2.75) is 112 Å². The summed E-state index contributed by atoms with van der Waals surface area (Å²) in [6, 6.07) is 24.2. The van der Waals surface area contributed by atoms with Gasteiger partial charge < -0.3 is 58.9 Å². The molecule has 1 amide bonds. The molecule has 0 fully saturated rings. The van der Waals surface area contributed by atoms with Gasteiger partial charge in [-0.2, -0.15) is 0 Å². The van der Waals surface area contributed by atoms with Gasteiger partial charge in [0.05, 0.1) is 37.5 Å². The van der Waals surface area contributed by atoms with Gasteiger partial charge in [0.15, 0.2) is 24.3 Å². The number of rotatable bonds is 25. The van der Waals surface area contributed by atoms with Crippen molar-refractivity contribution in [3.05, 3.63) is 113 Å². The number of esters is 4. The lowest BCUT2D eigenvalue weighted by atomic mass is 9.92. The number of nitrogens with one attached hydrogen (secondary N) is 2. The van der Waals surface area contributed by atoms with Gasteiger partial charge in [0.2, 0.25) is 19.5 Å². The molecule has 3 aromatic carbocycles. The highest BCUT2D eigenvalue weighted by Crippen LogP contribution is 2.24. The lowest BCUT2D eigenvalue weighted by Gasteiger charge is -2.25. The third kappa shape index (κ3) is 23.2. The van der Waals surface area contributed by atoms with E-state index in [2.05, 4.69) is 20.9 Å². The van der Waals surface area contributed by atoms with Gasteiger partial charge in [0.1, 0.15) is 17.2 Å². The molecule has 428 valence electrons. The Morgan fingerprint density at radius 2 is 1.42 bits per heavy atom. The van der Waals surface area contributed by atoms with E-state index >= 15 is 0 Å². The van der Waals surface area contributed by atoms with E-state index in [-0.39, 0.29) is 61.8 Å². The number of aliphatic imine (C=N–C) groups is 1. The maximum absolute atomic E-state index is 12.7. The number of aliphatic hydroxyl groups is 1. The molecule has 1 aliphatic rings. The molecule has 5 rings (SSSR count). The molecule has 79 heavy (non-hydrogen) atoms. The number of benzene rings is 3. The van der Waals surface area contributed by atoms with Crippen LogP contribution in [0.2, 0.25) is 0 Å². The van der Waals surface area contributed by atoms with E-state index in [0.717, 1.165) is 16.7 Å². The predicted molar refractivity (Wildman–Crippen MR) is 286 cm³/mol. The lowest BCUT2D eigenvalue weighted by molar-refractivity contribution is -0.166. The van der Waals surface area contributed by atoms with Gasteiger partial charge in [-0.15, -0.1) is 0 Å². The molecule has 0 aliphatic carbocycles. The normalized spacial score (nSPS) is 13.4. The number of Topliss-reactive ketones (excluding diaryl/α,β-unsaturated/α-hetero) is 1. The van der Waals surface area contributed by atoms with Crippen molar-refractivity contribution in [2.24, 2.45) is 22.7 Å². The zero-order chi connectivity index (χ0) is 58.5. The van der Waals surface area contributed by atoms with Crippen LogP contribution in [0.3, 0.4) is 0 Å². The van der Waals surface area contributed by atoms with Gasteiger partial charge >= 0.3 is 35.9 Å². The van der Waals surface area contributed by atoms with Crippen LogP contribution in [-0.2, 0) is 65.5 Å². The number of nitrogens with zero attached hydrogens (tertiary/aromatic N) is 3. The quantitative estimate of drug-likeness (QED) is 0.0117. The summed E-state index contributed by atoms with van der Waals surface area (Å²) in [6.45, 7) is 16.2. The molecule has 1 unspecified atom stereocenters. The molecule has 0 saturated heterocycles. The summed E-state index contributed by atoms with van der Waals surface area (Å²) >= 11 is 0. The van der Waals surface area contributed by atoms with Crippen LogP contribution in [0, 0.1) is 17.8 Å². The summed E-state index contributed by atoms with van der Waals surface area (Å²) in [5.41, 5.74) is 11.6. The van der Waals surface area contributed by atoms with E-state index in [9.17, 15) is 38.7 Å². The predicted octanol–water partition coefficient (Wildman–Crippen LogP) is 6.58. The smallest absolute Gasteiger partial charge is 0.408 e. The second-order valence-corrected chi connectivity index (χ2v) is 20.7. The number of anilines is 1. The zero-order valence-corrected chi connectivity index (χ0v) is 46.1. The summed E-state index contributed by atoms with van der Waals surface area (Å²) in [5.74, 6) is -4.94. The Morgan fingerprint density at radius 3 is 2.03 bits per heavy atom. The van der Waals surface area contributed by atoms with Crippen LogP contribution in [0.4, 0.5) is 10.5 Å². The Labute approximate surface area is 458 Å². The Morgan fingerprint density at radius 1 is 0.759 bits per heavy atom. The third-order valence-electron chi connectivity index (χ3n) is 11.0. The van der Waals surface area contributed by atoms with Crippen LogP contribution >= 0.6 is 0 Å². The average Bonchev–Trinajstić information content (AvgIpc) is 4.05. The number of carboxylic acids is 1. The first-order chi connectivity index (χ1) is 37.2. The molecule has 1 aromatic heterocycles. The van der Waals surface area contributed by atoms with Crippen LogP contribution in [-0.4, -0.2) is 125 Å². The fourth-order valence-corrected chi connectivity index (χ4v) is 6.98. The maximum atomic E-state index is 12.7. The fraction of sp³-hybridized carbons (Fsp3) is 0.446. The fourth-order valence-electron chi connectivity index (χ4n) is 6.98. The van der Waals surface area contributed by atoms with Gasteiger partial charge in [0.25, 0.3) is 5.88 Å². The minimum atomic E-state index is -1.60. The van der Waals surface area contributed by atoms with Crippen LogP contribution in [0.25, 0.3) is 11.1 Å². The van der Waals surface area contributed by atoms with Crippen LogP contribution in [0.15, 0.2) is 106 Å². The van der Waals surface area contributed by atoms with Crippen molar-refractivity contribution in [1.29, 1.82) is 0 Å². The number of aliphatic hydroxyl groups excluding tert-OH is 1. The molecule has 0 saturated carbocycles. The molecule has 1 aliphatic heterocycles. The van der Waals surface area contributed by atoms with E-state index in [1.165, 1.54) is 12.1 Å². The number of hydrogen-bond acceptors (Lipinski definition) is 21. The molecule has 23 nitrogen and oxygen atoms in total. The summed E-state index contributed by atoms with van der Waals surface area (Å²) in [7, 11) is 0. The molecule has 0 spiro atoms. The number of carbonyl (C=O) groups is 7. The first-order valence-corrected chi connectivity index (χ1v) is 25.3. The number of nitrogen functional groups attached to an aromatic ring is 1.